The molecule has 0 aromatic heterocycles. The van der Waals surface area contributed by atoms with Crippen LogP contribution in [0.15, 0.2) is 30.3 Å². The normalized spacial score (nSPS) is 23.6. The lowest BCUT2D eigenvalue weighted by molar-refractivity contribution is -0.139. The van der Waals surface area contributed by atoms with Crippen molar-refractivity contribution >= 4 is 17.6 Å². The number of amides is 1. The minimum Gasteiger partial charge on any atom is -0.481 e. The Morgan fingerprint density at radius 2 is 2.11 bits per heavy atom. The number of carboxylic acids is 1. The molecular weight excluding hydrogens is 244 g/mol. The molecule has 5 nitrogen and oxygen atoms in total. The molecule has 2 rings (SSSR count). The Morgan fingerprint density at radius 3 is 2.74 bits per heavy atom. The molecule has 1 saturated heterocycles. The summed E-state index contributed by atoms with van der Waals surface area (Å²) in [6.45, 7) is 2.60. The van der Waals surface area contributed by atoms with Crippen LogP contribution in [0.25, 0.3) is 0 Å². The topological polar surface area (TPSA) is 69.6 Å². The van der Waals surface area contributed by atoms with Crippen LogP contribution in [-0.4, -0.2) is 35.6 Å². The maximum Gasteiger partial charge on any atom is 0.305 e. The van der Waals surface area contributed by atoms with Crippen molar-refractivity contribution in [1.29, 1.82) is 0 Å². The number of aliphatic carboxylic acids is 1. The highest BCUT2D eigenvalue weighted by molar-refractivity contribution is 5.89. The molecule has 0 spiro atoms. The molecule has 1 aromatic carbocycles. The van der Waals surface area contributed by atoms with Gasteiger partial charge in [-0.1, -0.05) is 18.2 Å². The molecule has 1 heterocycles. The molecule has 1 aliphatic rings. The molecule has 0 aliphatic carbocycles. The molecule has 2 atom stereocenters. The lowest BCUT2D eigenvalue weighted by atomic mass is 10.1. The van der Waals surface area contributed by atoms with Crippen LogP contribution in [0.1, 0.15) is 19.8 Å². The number of hydrogen-bond acceptors (Lipinski definition) is 3. The molecule has 5 heteroatoms. The maximum atomic E-state index is 12.1. The summed E-state index contributed by atoms with van der Waals surface area (Å²) in [7, 11) is 0. The van der Waals surface area contributed by atoms with E-state index in [9.17, 15) is 9.59 Å². The number of nitrogens with zero attached hydrogens (tertiary/aromatic N) is 1. The molecule has 19 heavy (non-hydrogen) atoms. The zero-order valence-corrected chi connectivity index (χ0v) is 10.9. The Bertz CT molecular complexity index is 461. The fourth-order valence-electron chi connectivity index (χ4n) is 2.34. The monoisotopic (exact) mass is 262 g/mol. The lowest BCUT2D eigenvalue weighted by Gasteiger charge is -2.29. The Morgan fingerprint density at radius 1 is 1.42 bits per heavy atom. The molecular formula is C14H18N2O3. The number of carboxylic acid groups (broad SMARTS) is 1. The van der Waals surface area contributed by atoms with Gasteiger partial charge in [0.05, 0.1) is 6.42 Å². The maximum absolute atomic E-state index is 12.1. The van der Waals surface area contributed by atoms with Crippen molar-refractivity contribution in [3.05, 3.63) is 30.3 Å². The zero-order valence-electron chi connectivity index (χ0n) is 10.9. The van der Waals surface area contributed by atoms with Crippen molar-refractivity contribution in [2.45, 2.75) is 31.8 Å². The molecule has 102 valence electrons. The van der Waals surface area contributed by atoms with Gasteiger partial charge in [-0.15, -0.1) is 0 Å². The number of benzene rings is 1. The zero-order chi connectivity index (χ0) is 13.8. The van der Waals surface area contributed by atoms with Gasteiger partial charge in [-0.2, -0.15) is 0 Å². The fourth-order valence-corrected chi connectivity index (χ4v) is 2.34. The highest BCUT2D eigenvalue weighted by atomic mass is 16.4. The lowest BCUT2D eigenvalue weighted by Crippen LogP contribution is -2.46. The SMILES string of the molecule is CC1CCN(c2ccccc2)C(CC(=O)O)C(=O)N1. The largest absolute Gasteiger partial charge is 0.481 e. The first-order valence-corrected chi connectivity index (χ1v) is 6.42. The van der Waals surface area contributed by atoms with Gasteiger partial charge in [-0.3, -0.25) is 9.59 Å². The first-order valence-electron chi connectivity index (χ1n) is 6.42. The van der Waals surface area contributed by atoms with Crippen LogP contribution >= 0.6 is 0 Å². The van der Waals surface area contributed by atoms with Gasteiger partial charge in [0.15, 0.2) is 0 Å². The van der Waals surface area contributed by atoms with E-state index in [4.69, 9.17) is 5.11 Å². The predicted octanol–water partition coefficient (Wildman–Crippen LogP) is 1.24. The third-order valence-electron chi connectivity index (χ3n) is 3.33. The van der Waals surface area contributed by atoms with E-state index in [-0.39, 0.29) is 18.4 Å². The van der Waals surface area contributed by atoms with Crippen LogP contribution in [0.3, 0.4) is 0 Å². The fraction of sp³-hybridized carbons (Fsp3) is 0.429. The minimum absolute atomic E-state index is 0.0671. The van der Waals surface area contributed by atoms with E-state index in [1.807, 2.05) is 42.2 Å². The standard InChI is InChI=1S/C14H18N2O3/c1-10-7-8-16(11-5-3-2-4-6-11)12(9-13(17)18)14(19)15-10/h2-6,10,12H,7-9H2,1H3,(H,15,19)(H,17,18). The van der Waals surface area contributed by atoms with Gasteiger partial charge in [0.2, 0.25) is 5.91 Å². The van der Waals surface area contributed by atoms with E-state index in [1.54, 1.807) is 0 Å². The molecule has 1 fully saturated rings. The Kier molecular flexibility index (Phi) is 4.04. The summed E-state index contributed by atoms with van der Waals surface area (Å²) in [4.78, 5) is 25.0. The van der Waals surface area contributed by atoms with Gasteiger partial charge in [0.25, 0.3) is 0 Å². The molecule has 2 N–H and O–H groups in total. The quantitative estimate of drug-likeness (QED) is 0.860. The van der Waals surface area contributed by atoms with Crippen LogP contribution in [0.5, 0.6) is 0 Å². The average molecular weight is 262 g/mol. The number of rotatable bonds is 3. The smallest absolute Gasteiger partial charge is 0.305 e. The summed E-state index contributed by atoms with van der Waals surface area (Å²) in [5.74, 6) is -1.17. The number of para-hydroxylation sites is 1. The molecule has 1 aromatic rings. The van der Waals surface area contributed by atoms with Crippen LogP contribution in [0, 0.1) is 0 Å². The molecule has 0 saturated carbocycles. The number of carbonyl (C=O) groups excluding carboxylic acids is 1. The third-order valence-corrected chi connectivity index (χ3v) is 3.33. The van der Waals surface area contributed by atoms with Crippen LogP contribution < -0.4 is 10.2 Å². The van der Waals surface area contributed by atoms with Gasteiger partial charge >= 0.3 is 5.97 Å². The van der Waals surface area contributed by atoms with Crippen molar-refractivity contribution < 1.29 is 14.7 Å². The summed E-state index contributed by atoms with van der Waals surface area (Å²) >= 11 is 0. The molecule has 0 radical (unpaired) electrons. The number of hydrogen-bond donors (Lipinski definition) is 2. The second kappa shape index (κ2) is 5.73. The second-order valence-corrected chi connectivity index (χ2v) is 4.84. The Labute approximate surface area is 112 Å². The van der Waals surface area contributed by atoms with E-state index in [1.165, 1.54) is 0 Å². The first-order chi connectivity index (χ1) is 9.08. The van der Waals surface area contributed by atoms with E-state index < -0.39 is 12.0 Å². The first kappa shape index (κ1) is 13.4. The van der Waals surface area contributed by atoms with E-state index in [0.29, 0.717) is 6.54 Å². The van der Waals surface area contributed by atoms with Crippen LogP contribution in [0.2, 0.25) is 0 Å². The summed E-state index contributed by atoms with van der Waals surface area (Å²) < 4.78 is 0. The van der Waals surface area contributed by atoms with Crippen molar-refractivity contribution in [2.24, 2.45) is 0 Å². The van der Waals surface area contributed by atoms with Gasteiger partial charge in [-0.05, 0) is 25.5 Å². The molecule has 1 amide bonds. The van der Waals surface area contributed by atoms with Gasteiger partial charge in [0, 0.05) is 18.3 Å². The minimum atomic E-state index is -0.962. The number of nitrogens with one attached hydrogen (secondary N) is 1. The van der Waals surface area contributed by atoms with Crippen molar-refractivity contribution in [3.8, 4) is 0 Å². The van der Waals surface area contributed by atoms with Gasteiger partial charge < -0.3 is 15.3 Å². The highest BCUT2D eigenvalue weighted by Gasteiger charge is 2.32. The van der Waals surface area contributed by atoms with E-state index in [0.717, 1.165) is 12.1 Å². The third kappa shape index (κ3) is 3.24. The number of carbonyl (C=O) groups is 2. The van der Waals surface area contributed by atoms with Crippen LogP contribution in [-0.2, 0) is 9.59 Å². The van der Waals surface area contributed by atoms with E-state index in [2.05, 4.69) is 5.32 Å². The molecule has 2 unspecified atom stereocenters. The Hall–Kier alpha value is -2.04. The van der Waals surface area contributed by atoms with Crippen molar-refractivity contribution in [1.82, 2.24) is 5.32 Å². The molecule has 0 bridgehead atoms. The van der Waals surface area contributed by atoms with Gasteiger partial charge in [-0.25, -0.2) is 0 Å². The number of anilines is 1. The molecule has 1 aliphatic heterocycles. The Balaban J connectivity index is 2.30. The van der Waals surface area contributed by atoms with Crippen molar-refractivity contribution in [2.75, 3.05) is 11.4 Å². The summed E-state index contributed by atoms with van der Waals surface area (Å²) in [5, 5.41) is 11.9. The van der Waals surface area contributed by atoms with E-state index >= 15 is 0 Å². The summed E-state index contributed by atoms with van der Waals surface area (Å²) in [6, 6.07) is 8.90. The predicted molar refractivity (Wildman–Crippen MR) is 72.1 cm³/mol. The van der Waals surface area contributed by atoms with Crippen molar-refractivity contribution in [3.63, 3.8) is 0 Å². The van der Waals surface area contributed by atoms with Gasteiger partial charge in [0.1, 0.15) is 6.04 Å². The second-order valence-electron chi connectivity index (χ2n) is 4.84. The van der Waals surface area contributed by atoms with Crippen LogP contribution in [0.4, 0.5) is 5.69 Å². The summed E-state index contributed by atoms with van der Waals surface area (Å²) in [5.41, 5.74) is 0.887. The average Bonchev–Trinajstić information content (AvgIpc) is 2.50. The highest BCUT2D eigenvalue weighted by Crippen LogP contribution is 2.21. The summed E-state index contributed by atoms with van der Waals surface area (Å²) in [6.07, 6.45) is 0.615.